The van der Waals surface area contributed by atoms with Gasteiger partial charge in [0.1, 0.15) is 0 Å². The predicted octanol–water partition coefficient (Wildman–Crippen LogP) is 3.29. The minimum Gasteiger partial charge on any atom is -0.326 e. The number of carbonyl (C=O) groups excluding carboxylic acids is 1. The van der Waals surface area contributed by atoms with E-state index in [1.165, 1.54) is 36.8 Å². The highest BCUT2D eigenvalue weighted by Gasteiger charge is 2.30. The number of nitrogens with one attached hydrogen (secondary N) is 1. The first-order valence-electron chi connectivity index (χ1n) is 7.96. The van der Waals surface area contributed by atoms with Gasteiger partial charge in [-0.1, -0.05) is 18.9 Å². The molecule has 20 heavy (non-hydrogen) atoms. The lowest BCUT2D eigenvalue weighted by molar-refractivity contribution is -0.117. The molecule has 0 radical (unpaired) electrons. The van der Waals surface area contributed by atoms with Crippen LogP contribution in [0.4, 0.5) is 5.69 Å². The molecule has 2 aliphatic carbocycles. The SMILES string of the molecule is O=C(Nc1ccc2c(c1)CN(C1CCCC1)C2)C1CC1. The number of carbonyl (C=O) groups is 1. The molecule has 0 spiro atoms. The molecule has 0 saturated heterocycles. The molecule has 106 valence electrons. The summed E-state index contributed by atoms with van der Waals surface area (Å²) in [6.45, 7) is 2.16. The third-order valence-electron chi connectivity index (χ3n) is 5.01. The number of hydrogen-bond acceptors (Lipinski definition) is 2. The second-order valence-corrected chi connectivity index (χ2v) is 6.59. The van der Waals surface area contributed by atoms with Crippen LogP contribution >= 0.6 is 0 Å². The third-order valence-corrected chi connectivity index (χ3v) is 5.01. The summed E-state index contributed by atoms with van der Waals surface area (Å²) in [7, 11) is 0. The van der Waals surface area contributed by atoms with E-state index >= 15 is 0 Å². The van der Waals surface area contributed by atoms with E-state index in [0.717, 1.165) is 37.7 Å². The lowest BCUT2D eigenvalue weighted by atomic mass is 10.1. The average molecular weight is 270 g/mol. The zero-order chi connectivity index (χ0) is 13.5. The minimum absolute atomic E-state index is 0.204. The summed E-state index contributed by atoms with van der Waals surface area (Å²) < 4.78 is 0. The van der Waals surface area contributed by atoms with Crippen LogP contribution in [0, 0.1) is 5.92 Å². The van der Waals surface area contributed by atoms with Gasteiger partial charge in [0.2, 0.25) is 5.91 Å². The van der Waals surface area contributed by atoms with Crippen molar-refractivity contribution in [2.75, 3.05) is 5.32 Å². The highest BCUT2D eigenvalue weighted by molar-refractivity contribution is 5.94. The number of anilines is 1. The molecule has 0 unspecified atom stereocenters. The molecule has 0 bridgehead atoms. The monoisotopic (exact) mass is 270 g/mol. The topological polar surface area (TPSA) is 32.3 Å². The fourth-order valence-electron chi connectivity index (χ4n) is 3.62. The van der Waals surface area contributed by atoms with Gasteiger partial charge in [0, 0.05) is 30.7 Å². The summed E-state index contributed by atoms with van der Waals surface area (Å²) in [6.07, 6.45) is 7.62. The number of benzene rings is 1. The Hall–Kier alpha value is -1.35. The Kier molecular flexibility index (Phi) is 3.03. The summed E-state index contributed by atoms with van der Waals surface area (Å²) in [5.41, 5.74) is 3.83. The highest BCUT2D eigenvalue weighted by Crippen LogP contribution is 2.34. The predicted molar refractivity (Wildman–Crippen MR) is 79.3 cm³/mol. The largest absolute Gasteiger partial charge is 0.326 e. The first-order chi connectivity index (χ1) is 9.79. The van der Waals surface area contributed by atoms with Gasteiger partial charge in [0.15, 0.2) is 0 Å². The van der Waals surface area contributed by atoms with Crippen LogP contribution in [0.5, 0.6) is 0 Å². The lowest BCUT2D eigenvalue weighted by Gasteiger charge is -2.22. The van der Waals surface area contributed by atoms with Gasteiger partial charge in [0.05, 0.1) is 0 Å². The molecule has 0 aromatic heterocycles. The van der Waals surface area contributed by atoms with Gasteiger partial charge in [-0.3, -0.25) is 9.69 Å². The molecular formula is C17H22N2O. The smallest absolute Gasteiger partial charge is 0.227 e. The summed E-state index contributed by atoms with van der Waals surface area (Å²) in [6, 6.07) is 7.24. The average Bonchev–Trinajstić information content (AvgIpc) is 3.00. The number of fused-ring (bicyclic) bond motifs is 1. The molecule has 2 saturated carbocycles. The van der Waals surface area contributed by atoms with Crippen molar-refractivity contribution in [2.24, 2.45) is 5.92 Å². The van der Waals surface area contributed by atoms with Crippen molar-refractivity contribution >= 4 is 11.6 Å². The molecule has 3 nitrogen and oxygen atoms in total. The summed E-state index contributed by atoms with van der Waals surface area (Å²) in [4.78, 5) is 14.4. The van der Waals surface area contributed by atoms with Gasteiger partial charge in [-0.2, -0.15) is 0 Å². The van der Waals surface area contributed by atoms with E-state index < -0.39 is 0 Å². The maximum Gasteiger partial charge on any atom is 0.227 e. The van der Waals surface area contributed by atoms with Crippen molar-refractivity contribution in [2.45, 2.75) is 57.7 Å². The zero-order valence-corrected chi connectivity index (χ0v) is 11.9. The van der Waals surface area contributed by atoms with Gasteiger partial charge in [0.25, 0.3) is 0 Å². The van der Waals surface area contributed by atoms with Crippen LogP contribution in [0.15, 0.2) is 18.2 Å². The quantitative estimate of drug-likeness (QED) is 0.914. The first-order valence-corrected chi connectivity index (χ1v) is 7.96. The van der Waals surface area contributed by atoms with Crippen LogP contribution in [-0.4, -0.2) is 16.8 Å². The van der Waals surface area contributed by atoms with E-state index in [9.17, 15) is 4.79 Å². The summed E-state index contributed by atoms with van der Waals surface area (Å²) in [5.74, 6) is 0.480. The van der Waals surface area contributed by atoms with Gasteiger partial charge in [-0.15, -0.1) is 0 Å². The van der Waals surface area contributed by atoms with Gasteiger partial charge < -0.3 is 5.32 Å². The lowest BCUT2D eigenvalue weighted by Crippen LogP contribution is -2.27. The van der Waals surface area contributed by atoms with E-state index in [1.54, 1.807) is 0 Å². The molecule has 3 aliphatic rings. The van der Waals surface area contributed by atoms with Gasteiger partial charge >= 0.3 is 0 Å². The maximum atomic E-state index is 11.8. The van der Waals surface area contributed by atoms with Crippen molar-refractivity contribution in [3.8, 4) is 0 Å². The Labute approximate surface area is 120 Å². The Morgan fingerprint density at radius 2 is 1.80 bits per heavy atom. The van der Waals surface area contributed by atoms with E-state index in [1.807, 2.05) is 0 Å². The minimum atomic E-state index is 0.204. The Bertz CT molecular complexity index is 530. The van der Waals surface area contributed by atoms with Gasteiger partial charge in [-0.05, 0) is 48.9 Å². The number of nitrogens with zero attached hydrogens (tertiary/aromatic N) is 1. The molecule has 1 N–H and O–H groups in total. The molecule has 1 heterocycles. The van der Waals surface area contributed by atoms with Crippen molar-refractivity contribution in [1.82, 2.24) is 4.90 Å². The summed E-state index contributed by atoms with van der Waals surface area (Å²) in [5, 5.41) is 3.06. The number of hydrogen-bond donors (Lipinski definition) is 1. The maximum absolute atomic E-state index is 11.8. The van der Waals surface area contributed by atoms with E-state index in [0.29, 0.717) is 0 Å². The Morgan fingerprint density at radius 1 is 1.05 bits per heavy atom. The third kappa shape index (κ3) is 2.35. The Morgan fingerprint density at radius 3 is 2.55 bits per heavy atom. The standard InChI is InChI=1S/C17H22N2O/c20-17(12-5-6-12)18-15-8-7-13-10-19(11-14(13)9-15)16-3-1-2-4-16/h7-9,12,16H,1-6,10-11H2,(H,18,20). The van der Waals surface area contributed by atoms with Crippen LogP contribution < -0.4 is 5.32 Å². The molecule has 1 amide bonds. The van der Waals surface area contributed by atoms with Crippen LogP contribution in [0.3, 0.4) is 0 Å². The van der Waals surface area contributed by atoms with E-state index in [-0.39, 0.29) is 11.8 Å². The fraction of sp³-hybridized carbons (Fsp3) is 0.588. The first kappa shape index (κ1) is 12.4. The molecule has 1 aromatic rings. The van der Waals surface area contributed by atoms with Crippen molar-refractivity contribution in [3.05, 3.63) is 29.3 Å². The van der Waals surface area contributed by atoms with Crippen LogP contribution in [-0.2, 0) is 17.9 Å². The van der Waals surface area contributed by atoms with Gasteiger partial charge in [-0.25, -0.2) is 0 Å². The Balaban J connectivity index is 1.46. The zero-order valence-electron chi connectivity index (χ0n) is 11.9. The normalized spacial score (nSPS) is 23.0. The number of amides is 1. The molecule has 2 fully saturated rings. The fourth-order valence-corrected chi connectivity index (χ4v) is 3.62. The molecule has 3 heteroatoms. The van der Waals surface area contributed by atoms with E-state index in [4.69, 9.17) is 0 Å². The second-order valence-electron chi connectivity index (χ2n) is 6.59. The molecule has 1 aliphatic heterocycles. The molecule has 4 rings (SSSR count). The van der Waals surface area contributed by atoms with Crippen molar-refractivity contribution in [3.63, 3.8) is 0 Å². The van der Waals surface area contributed by atoms with Crippen LogP contribution in [0.25, 0.3) is 0 Å². The van der Waals surface area contributed by atoms with E-state index in [2.05, 4.69) is 28.4 Å². The molecule has 0 atom stereocenters. The summed E-state index contributed by atoms with van der Waals surface area (Å²) >= 11 is 0. The second kappa shape index (κ2) is 4.88. The molecular weight excluding hydrogens is 248 g/mol. The van der Waals surface area contributed by atoms with Crippen LogP contribution in [0.2, 0.25) is 0 Å². The highest BCUT2D eigenvalue weighted by atomic mass is 16.2. The van der Waals surface area contributed by atoms with Crippen molar-refractivity contribution < 1.29 is 4.79 Å². The van der Waals surface area contributed by atoms with Crippen molar-refractivity contribution in [1.29, 1.82) is 0 Å². The number of rotatable bonds is 3. The molecule has 1 aromatic carbocycles. The van der Waals surface area contributed by atoms with Crippen LogP contribution in [0.1, 0.15) is 49.7 Å².